The molecule has 0 radical (unpaired) electrons. The fourth-order valence-electron chi connectivity index (χ4n) is 3.15. The molecule has 1 N–H and O–H groups in total. The van der Waals surface area contributed by atoms with Gasteiger partial charge in [-0.05, 0) is 66.9 Å². The molecule has 0 spiro atoms. The third-order valence-corrected chi connectivity index (χ3v) is 4.57. The monoisotopic (exact) mass is 414 g/mol. The third-order valence-electron chi connectivity index (χ3n) is 4.57. The number of hydrogen-bond acceptors (Lipinski definition) is 4. The highest BCUT2D eigenvalue weighted by Crippen LogP contribution is 2.30. The molecule has 0 aliphatic heterocycles. The Hall–Kier alpha value is -3.78. The number of nitrogens with zero attached hydrogens (tertiary/aromatic N) is 1. The number of carbonyl (C=O) groups is 1. The van der Waals surface area contributed by atoms with Crippen molar-refractivity contribution in [2.24, 2.45) is 0 Å². The van der Waals surface area contributed by atoms with Crippen LogP contribution in [-0.4, -0.2) is 18.6 Å². The molecule has 5 nitrogen and oxygen atoms in total. The van der Waals surface area contributed by atoms with Crippen LogP contribution in [0.25, 0.3) is 16.8 Å². The number of rotatable bonds is 8. The second kappa shape index (κ2) is 10.3. The summed E-state index contributed by atoms with van der Waals surface area (Å²) in [5.41, 5.74) is 1.79. The van der Waals surface area contributed by atoms with Crippen LogP contribution in [0, 0.1) is 11.3 Å². The summed E-state index contributed by atoms with van der Waals surface area (Å²) in [5.74, 6) is 0.781. The van der Waals surface area contributed by atoms with Crippen molar-refractivity contribution in [2.45, 2.75) is 33.4 Å². The summed E-state index contributed by atoms with van der Waals surface area (Å²) in [4.78, 5) is 12.2. The van der Waals surface area contributed by atoms with Crippen LogP contribution in [0.1, 0.15) is 31.9 Å². The first-order valence-corrected chi connectivity index (χ1v) is 10.3. The maximum Gasteiger partial charge on any atom is 0.262 e. The van der Waals surface area contributed by atoms with Gasteiger partial charge < -0.3 is 14.8 Å². The molecular formula is C26H26N2O3. The van der Waals surface area contributed by atoms with E-state index in [1.165, 1.54) is 5.39 Å². The molecule has 1 amide bonds. The third kappa shape index (κ3) is 5.86. The Kier molecular flexibility index (Phi) is 7.29. The van der Waals surface area contributed by atoms with E-state index in [0.717, 1.165) is 10.9 Å². The summed E-state index contributed by atoms with van der Waals surface area (Å²) in [7, 11) is 0. The van der Waals surface area contributed by atoms with Crippen molar-refractivity contribution in [3.63, 3.8) is 0 Å². The molecular weight excluding hydrogens is 388 g/mol. The molecule has 0 fully saturated rings. The molecule has 0 saturated heterocycles. The zero-order chi connectivity index (χ0) is 22.2. The summed E-state index contributed by atoms with van der Waals surface area (Å²) in [6.07, 6.45) is 1.55. The normalized spacial score (nSPS) is 11.3. The average Bonchev–Trinajstić information content (AvgIpc) is 2.76. The number of benzene rings is 3. The summed E-state index contributed by atoms with van der Waals surface area (Å²) >= 11 is 0. The van der Waals surface area contributed by atoms with Gasteiger partial charge in [0.05, 0.1) is 6.61 Å². The maximum atomic E-state index is 12.2. The Labute approximate surface area is 182 Å². The van der Waals surface area contributed by atoms with Gasteiger partial charge in [0, 0.05) is 6.04 Å². The molecule has 0 bridgehead atoms. The zero-order valence-electron chi connectivity index (χ0n) is 18.0. The number of fused-ring (bicyclic) bond motifs is 1. The number of amides is 1. The van der Waals surface area contributed by atoms with Crippen molar-refractivity contribution in [1.82, 2.24) is 5.32 Å². The Morgan fingerprint density at radius 2 is 1.81 bits per heavy atom. The second-order valence-corrected chi connectivity index (χ2v) is 7.41. The lowest BCUT2D eigenvalue weighted by atomic mass is 10.1. The van der Waals surface area contributed by atoms with Gasteiger partial charge in [-0.3, -0.25) is 4.79 Å². The minimum atomic E-state index is -0.396. The van der Waals surface area contributed by atoms with Crippen LogP contribution < -0.4 is 14.8 Å². The molecule has 158 valence electrons. The molecule has 0 heterocycles. The molecule has 3 aromatic carbocycles. The van der Waals surface area contributed by atoms with E-state index in [0.29, 0.717) is 30.3 Å². The lowest BCUT2D eigenvalue weighted by Crippen LogP contribution is -2.30. The van der Waals surface area contributed by atoms with E-state index < -0.39 is 5.91 Å². The minimum absolute atomic E-state index is 0.0426. The van der Waals surface area contributed by atoms with E-state index in [1.54, 1.807) is 24.3 Å². The van der Waals surface area contributed by atoms with E-state index in [1.807, 2.05) is 45.0 Å². The first-order chi connectivity index (χ1) is 15.0. The van der Waals surface area contributed by atoms with Crippen molar-refractivity contribution in [1.29, 1.82) is 5.26 Å². The predicted molar refractivity (Wildman–Crippen MR) is 123 cm³/mol. The quantitative estimate of drug-likeness (QED) is 0.404. The molecule has 0 aromatic heterocycles. The molecule has 31 heavy (non-hydrogen) atoms. The maximum absolute atomic E-state index is 12.2. The fraction of sp³-hybridized carbons (Fsp3) is 0.231. The first-order valence-electron chi connectivity index (χ1n) is 10.3. The van der Waals surface area contributed by atoms with E-state index in [-0.39, 0.29) is 11.6 Å². The summed E-state index contributed by atoms with van der Waals surface area (Å²) in [6.45, 7) is 6.47. The van der Waals surface area contributed by atoms with Crippen LogP contribution in [0.15, 0.2) is 66.2 Å². The molecule has 0 aliphatic carbocycles. The van der Waals surface area contributed by atoms with Gasteiger partial charge in [0.2, 0.25) is 0 Å². The number of carbonyl (C=O) groups excluding carboxylic acids is 1. The smallest absolute Gasteiger partial charge is 0.262 e. The van der Waals surface area contributed by atoms with Crippen LogP contribution >= 0.6 is 0 Å². The Bertz CT molecular complexity index is 1140. The van der Waals surface area contributed by atoms with Gasteiger partial charge in [-0.15, -0.1) is 0 Å². The van der Waals surface area contributed by atoms with Gasteiger partial charge in [0.1, 0.15) is 18.2 Å². The number of nitriles is 1. The molecule has 3 rings (SSSR count). The number of ether oxygens (including phenoxy) is 2. The second-order valence-electron chi connectivity index (χ2n) is 7.41. The fourth-order valence-corrected chi connectivity index (χ4v) is 3.15. The standard InChI is InChI=1S/C26H26N2O3/c1-4-30-25-15-19(13-23(16-27)26(29)28-18(2)3)10-12-24(25)31-17-20-9-11-21-7-5-6-8-22(21)14-20/h5-15,18H,4,17H2,1-3H3,(H,28,29). The van der Waals surface area contributed by atoms with Gasteiger partial charge in [0.25, 0.3) is 5.91 Å². The van der Waals surface area contributed by atoms with Crippen molar-refractivity contribution in [3.05, 3.63) is 77.4 Å². The Morgan fingerprint density at radius 1 is 1.03 bits per heavy atom. The minimum Gasteiger partial charge on any atom is -0.490 e. The lowest BCUT2D eigenvalue weighted by Gasteiger charge is -2.13. The van der Waals surface area contributed by atoms with Crippen LogP contribution in [0.5, 0.6) is 11.5 Å². The Balaban J connectivity index is 1.80. The van der Waals surface area contributed by atoms with Gasteiger partial charge in [-0.2, -0.15) is 5.26 Å². The highest BCUT2D eigenvalue weighted by atomic mass is 16.5. The van der Waals surface area contributed by atoms with Gasteiger partial charge >= 0.3 is 0 Å². The van der Waals surface area contributed by atoms with Crippen molar-refractivity contribution < 1.29 is 14.3 Å². The molecule has 5 heteroatoms. The highest BCUT2D eigenvalue weighted by molar-refractivity contribution is 6.01. The highest BCUT2D eigenvalue weighted by Gasteiger charge is 2.12. The van der Waals surface area contributed by atoms with Gasteiger partial charge in [0.15, 0.2) is 11.5 Å². The van der Waals surface area contributed by atoms with Crippen LogP contribution in [0.4, 0.5) is 0 Å². The molecule has 0 unspecified atom stereocenters. The van der Waals surface area contributed by atoms with E-state index >= 15 is 0 Å². The van der Waals surface area contributed by atoms with Crippen molar-refractivity contribution >= 4 is 22.8 Å². The SMILES string of the molecule is CCOc1cc(C=C(C#N)C(=O)NC(C)C)ccc1OCc1ccc2ccccc2c1. The topological polar surface area (TPSA) is 71.3 Å². The lowest BCUT2D eigenvalue weighted by molar-refractivity contribution is -0.117. The zero-order valence-corrected chi connectivity index (χ0v) is 18.0. The molecule has 0 aliphatic rings. The van der Waals surface area contributed by atoms with Crippen LogP contribution in [0.2, 0.25) is 0 Å². The number of hydrogen-bond donors (Lipinski definition) is 1. The van der Waals surface area contributed by atoms with Crippen molar-refractivity contribution in [3.8, 4) is 17.6 Å². The van der Waals surface area contributed by atoms with Crippen LogP contribution in [0.3, 0.4) is 0 Å². The summed E-state index contributed by atoms with van der Waals surface area (Å²) < 4.78 is 11.8. The van der Waals surface area contributed by atoms with Gasteiger partial charge in [-0.25, -0.2) is 0 Å². The summed E-state index contributed by atoms with van der Waals surface area (Å²) in [6, 6.07) is 21.7. The Morgan fingerprint density at radius 3 is 2.52 bits per heavy atom. The largest absolute Gasteiger partial charge is 0.490 e. The molecule has 0 atom stereocenters. The van der Waals surface area contributed by atoms with E-state index in [2.05, 4.69) is 29.6 Å². The van der Waals surface area contributed by atoms with E-state index in [4.69, 9.17) is 9.47 Å². The predicted octanol–water partition coefficient (Wildman–Crippen LogP) is 5.25. The molecule has 0 saturated carbocycles. The summed E-state index contributed by atoms with van der Waals surface area (Å²) in [5, 5.41) is 14.4. The van der Waals surface area contributed by atoms with Gasteiger partial charge in [-0.1, -0.05) is 42.5 Å². The van der Waals surface area contributed by atoms with Crippen molar-refractivity contribution in [2.75, 3.05) is 6.61 Å². The number of nitrogens with one attached hydrogen (secondary N) is 1. The van der Waals surface area contributed by atoms with E-state index in [9.17, 15) is 10.1 Å². The first kappa shape index (κ1) is 21.9. The molecule has 3 aromatic rings. The average molecular weight is 415 g/mol. The van der Waals surface area contributed by atoms with Crippen LogP contribution in [-0.2, 0) is 11.4 Å².